The van der Waals surface area contributed by atoms with Gasteiger partial charge in [-0.1, -0.05) is 42.5 Å². The van der Waals surface area contributed by atoms with Gasteiger partial charge in [0.2, 0.25) is 0 Å². The average molecular weight is 389 g/mol. The molecule has 0 aliphatic rings. The lowest BCUT2D eigenvalue weighted by Gasteiger charge is -2.25. The molecule has 2 aromatic rings. The van der Waals surface area contributed by atoms with Gasteiger partial charge in [0.05, 0.1) is 14.2 Å². The predicted octanol–water partition coefficient (Wildman–Crippen LogP) is 1.56. The van der Waals surface area contributed by atoms with Crippen LogP contribution >= 0.6 is 0 Å². The molecule has 0 aromatic heterocycles. The Morgan fingerprint density at radius 2 is 1.64 bits per heavy atom. The molecule has 0 aliphatic heterocycles. The van der Waals surface area contributed by atoms with Crippen LogP contribution in [0.2, 0.25) is 0 Å². The van der Waals surface area contributed by atoms with E-state index in [9.17, 15) is 19.8 Å². The van der Waals surface area contributed by atoms with Crippen LogP contribution < -0.4 is 10.1 Å². The van der Waals surface area contributed by atoms with E-state index >= 15 is 0 Å². The molecule has 3 N–H and O–H groups in total. The number of benzene rings is 2. The second-order valence-corrected chi connectivity index (χ2v) is 5.92. The lowest BCUT2D eigenvalue weighted by atomic mass is 9.98. The van der Waals surface area contributed by atoms with E-state index in [1.807, 2.05) is 6.07 Å². The maximum Gasteiger partial charge on any atom is 0.408 e. The molecular formula is C20H23NO7. The smallest absolute Gasteiger partial charge is 0.408 e. The molecule has 0 spiro atoms. The van der Waals surface area contributed by atoms with E-state index in [1.54, 1.807) is 36.4 Å². The Morgan fingerprint density at radius 3 is 2.21 bits per heavy atom. The minimum Gasteiger partial charge on any atom is -0.497 e. The van der Waals surface area contributed by atoms with Gasteiger partial charge in [0.15, 0.2) is 6.04 Å². The van der Waals surface area contributed by atoms with Crippen LogP contribution in [0.25, 0.3) is 0 Å². The van der Waals surface area contributed by atoms with Crippen molar-refractivity contribution in [3.63, 3.8) is 0 Å². The third-order valence-corrected chi connectivity index (χ3v) is 4.06. The molecule has 0 aliphatic carbocycles. The zero-order valence-corrected chi connectivity index (χ0v) is 15.6. The van der Waals surface area contributed by atoms with Gasteiger partial charge in [-0.15, -0.1) is 0 Å². The molecule has 1 amide bonds. The molecular weight excluding hydrogens is 366 g/mol. The lowest BCUT2D eigenvalue weighted by molar-refractivity contribution is -0.148. The highest BCUT2D eigenvalue weighted by molar-refractivity contribution is 5.82. The second-order valence-electron chi connectivity index (χ2n) is 5.92. The van der Waals surface area contributed by atoms with Crippen molar-refractivity contribution in [1.82, 2.24) is 5.32 Å². The molecule has 0 saturated carbocycles. The third kappa shape index (κ3) is 5.70. The van der Waals surface area contributed by atoms with Crippen LogP contribution in [0.5, 0.6) is 5.75 Å². The summed E-state index contributed by atoms with van der Waals surface area (Å²) < 4.78 is 14.7. The number of methoxy groups -OCH3 is 2. The van der Waals surface area contributed by atoms with Crippen molar-refractivity contribution in [3.05, 3.63) is 65.7 Å². The van der Waals surface area contributed by atoms with Crippen molar-refractivity contribution in [3.8, 4) is 5.75 Å². The van der Waals surface area contributed by atoms with Gasteiger partial charge in [-0.2, -0.15) is 0 Å². The molecule has 0 fully saturated rings. The highest BCUT2D eigenvalue weighted by Gasteiger charge is 2.35. The van der Waals surface area contributed by atoms with E-state index in [1.165, 1.54) is 19.2 Å². The number of carbonyl (C=O) groups is 2. The standard InChI is InChI=1S/C20H23NO7/c1-26-15-10-8-14(9-11-15)17(22)18(23)16(19(24)27-2)21-20(25)28-12-13-6-4-3-5-7-13/h3-11,16-18,22-23H,12H2,1-2H3,(H,21,25)/t16-,17-,18-/m0/s1. The van der Waals surface area contributed by atoms with Crippen LogP contribution in [-0.2, 0) is 20.9 Å². The van der Waals surface area contributed by atoms with Crippen molar-refractivity contribution in [2.75, 3.05) is 14.2 Å². The Balaban J connectivity index is 2.04. The molecule has 2 aromatic carbocycles. The van der Waals surface area contributed by atoms with Crippen molar-refractivity contribution < 1.29 is 34.0 Å². The number of nitrogens with one attached hydrogen (secondary N) is 1. The number of aliphatic hydroxyl groups is 2. The highest BCUT2D eigenvalue weighted by atomic mass is 16.6. The number of amides is 1. The summed E-state index contributed by atoms with van der Waals surface area (Å²) in [5.41, 5.74) is 1.09. The van der Waals surface area contributed by atoms with Crippen LogP contribution in [0.3, 0.4) is 0 Å². The predicted molar refractivity (Wildman–Crippen MR) is 99.5 cm³/mol. The molecule has 0 saturated heterocycles. The average Bonchev–Trinajstić information content (AvgIpc) is 2.75. The Kier molecular flexibility index (Phi) is 7.79. The van der Waals surface area contributed by atoms with Crippen molar-refractivity contribution >= 4 is 12.1 Å². The minimum absolute atomic E-state index is 0.0162. The van der Waals surface area contributed by atoms with Crippen LogP contribution in [0.15, 0.2) is 54.6 Å². The van der Waals surface area contributed by atoms with Gasteiger partial charge in [0.1, 0.15) is 24.6 Å². The van der Waals surface area contributed by atoms with Crippen molar-refractivity contribution in [1.29, 1.82) is 0 Å². The molecule has 0 unspecified atom stereocenters. The van der Waals surface area contributed by atoms with Gasteiger partial charge >= 0.3 is 12.1 Å². The van der Waals surface area contributed by atoms with Crippen LogP contribution in [-0.4, -0.2) is 48.6 Å². The van der Waals surface area contributed by atoms with Crippen LogP contribution in [0.1, 0.15) is 17.2 Å². The maximum absolute atomic E-state index is 12.0. The Labute approximate surface area is 162 Å². The molecule has 150 valence electrons. The van der Waals surface area contributed by atoms with E-state index in [-0.39, 0.29) is 6.61 Å². The normalized spacial score (nSPS) is 13.7. The van der Waals surface area contributed by atoms with E-state index in [4.69, 9.17) is 9.47 Å². The van der Waals surface area contributed by atoms with Gasteiger partial charge < -0.3 is 29.7 Å². The number of hydrogen-bond acceptors (Lipinski definition) is 7. The highest BCUT2D eigenvalue weighted by Crippen LogP contribution is 2.22. The van der Waals surface area contributed by atoms with Crippen LogP contribution in [0.4, 0.5) is 4.79 Å². The molecule has 2 rings (SSSR count). The summed E-state index contributed by atoms with van der Waals surface area (Å²) in [4.78, 5) is 24.1. The van der Waals surface area contributed by atoms with Crippen molar-refractivity contribution in [2.45, 2.75) is 24.9 Å². The first kappa shape index (κ1) is 21.2. The van der Waals surface area contributed by atoms with Gasteiger partial charge in [0, 0.05) is 0 Å². The first-order valence-corrected chi connectivity index (χ1v) is 8.51. The van der Waals surface area contributed by atoms with E-state index < -0.39 is 30.3 Å². The Hall–Kier alpha value is -3.10. The molecule has 8 nitrogen and oxygen atoms in total. The van der Waals surface area contributed by atoms with Gasteiger partial charge in [-0.05, 0) is 23.3 Å². The summed E-state index contributed by atoms with van der Waals surface area (Å²) in [5.74, 6) is -0.353. The fraction of sp³-hybridized carbons (Fsp3) is 0.300. The number of esters is 1. The number of aliphatic hydroxyl groups excluding tert-OH is 2. The summed E-state index contributed by atoms with van der Waals surface area (Å²) in [6.07, 6.45) is -4.05. The fourth-order valence-electron chi connectivity index (χ4n) is 2.48. The summed E-state index contributed by atoms with van der Waals surface area (Å²) in [5, 5.41) is 23.1. The summed E-state index contributed by atoms with van der Waals surface area (Å²) in [6.45, 7) is -0.0162. The van der Waals surface area contributed by atoms with Gasteiger partial charge in [-0.25, -0.2) is 9.59 Å². The Morgan fingerprint density at radius 1 is 1.00 bits per heavy atom. The summed E-state index contributed by atoms with van der Waals surface area (Å²) >= 11 is 0. The molecule has 0 bridgehead atoms. The number of alkyl carbamates (subject to hydrolysis) is 1. The number of hydrogen-bond donors (Lipinski definition) is 3. The first-order valence-electron chi connectivity index (χ1n) is 8.51. The molecule has 0 radical (unpaired) electrons. The molecule has 8 heteroatoms. The van der Waals surface area contributed by atoms with Gasteiger partial charge in [0.25, 0.3) is 0 Å². The second kappa shape index (κ2) is 10.3. The van der Waals surface area contributed by atoms with Crippen LogP contribution in [0, 0.1) is 0 Å². The summed E-state index contributed by atoms with van der Waals surface area (Å²) in [7, 11) is 2.61. The zero-order valence-electron chi connectivity index (χ0n) is 15.6. The number of ether oxygens (including phenoxy) is 3. The molecule has 3 atom stereocenters. The SMILES string of the molecule is COC(=O)[C@@H](NC(=O)OCc1ccccc1)[C@H](O)[C@@H](O)c1ccc(OC)cc1. The minimum atomic E-state index is -1.66. The topological polar surface area (TPSA) is 114 Å². The Bertz CT molecular complexity index is 764. The van der Waals surface area contributed by atoms with E-state index in [2.05, 4.69) is 10.1 Å². The maximum atomic E-state index is 12.0. The van der Waals surface area contributed by atoms with E-state index in [0.717, 1.165) is 12.7 Å². The molecule has 0 heterocycles. The monoisotopic (exact) mass is 389 g/mol. The molecule has 28 heavy (non-hydrogen) atoms. The van der Waals surface area contributed by atoms with Gasteiger partial charge in [-0.3, -0.25) is 0 Å². The van der Waals surface area contributed by atoms with Crippen molar-refractivity contribution in [2.24, 2.45) is 0 Å². The largest absolute Gasteiger partial charge is 0.497 e. The number of carbonyl (C=O) groups excluding carboxylic acids is 2. The lowest BCUT2D eigenvalue weighted by Crippen LogP contribution is -2.51. The quantitative estimate of drug-likeness (QED) is 0.587. The summed E-state index contributed by atoms with van der Waals surface area (Å²) in [6, 6.07) is 13.7. The fourth-order valence-corrected chi connectivity index (χ4v) is 2.48. The number of rotatable bonds is 8. The third-order valence-electron chi connectivity index (χ3n) is 4.06. The van der Waals surface area contributed by atoms with E-state index in [0.29, 0.717) is 11.3 Å². The first-order chi connectivity index (χ1) is 13.5. The zero-order chi connectivity index (χ0) is 20.5.